The fourth-order valence-electron chi connectivity index (χ4n) is 0.533. The summed E-state index contributed by atoms with van der Waals surface area (Å²) in [6.45, 7) is 0. The van der Waals surface area contributed by atoms with Crippen LogP contribution in [-0.4, -0.2) is 0 Å². The first-order chi connectivity index (χ1) is 5.76. The molecule has 0 saturated heterocycles. The molecule has 7 heteroatoms. The van der Waals surface area contributed by atoms with Gasteiger partial charge >= 0.3 is 40.2 Å². The van der Waals surface area contributed by atoms with Crippen LogP contribution in [0.3, 0.4) is 0 Å². The summed E-state index contributed by atoms with van der Waals surface area (Å²) in [5.74, 6) is 0. The second-order valence-corrected chi connectivity index (χ2v) is 6.68. The van der Waals surface area contributed by atoms with Crippen LogP contribution >= 0.6 is 31.0 Å². The number of diazo groups is 1. The molecule has 0 radical (unpaired) electrons. The average molecular weight is 311 g/mol. The van der Waals surface area contributed by atoms with Crippen LogP contribution in [0, 0.1) is 5.39 Å². The van der Waals surface area contributed by atoms with Gasteiger partial charge in [0.1, 0.15) is 5.02 Å². The van der Waals surface area contributed by atoms with E-state index in [-0.39, 0.29) is 12.4 Å². The van der Waals surface area contributed by atoms with Gasteiger partial charge in [0.25, 0.3) is 0 Å². The van der Waals surface area contributed by atoms with Gasteiger partial charge < -0.3 is 12.4 Å². The molecule has 0 aliphatic carbocycles. The molecule has 0 saturated carbocycles. The summed E-state index contributed by atoms with van der Waals surface area (Å²) in [7, 11) is 9.90. The summed E-state index contributed by atoms with van der Waals surface area (Å²) in [6.07, 6.45) is 0. The van der Waals surface area contributed by atoms with E-state index in [9.17, 15) is 0 Å². The predicted octanol–water partition coefficient (Wildman–Crippen LogP) is 1.21. The molecule has 0 atom stereocenters. The standard InChI is InChI=1S/C6H4ClN2.3ClH.Zn/c7-5-3-1-2-4-6(5)9-8;;;;/h1-4H;3*1H;/q+1;;;;+2/p-3. The molecule has 0 aliphatic heterocycles. The predicted molar refractivity (Wildman–Crippen MR) is 47.9 cm³/mol. The van der Waals surface area contributed by atoms with Crippen molar-refractivity contribution in [1.29, 1.82) is 5.39 Å². The first-order valence-electron chi connectivity index (χ1n) is 2.97. The van der Waals surface area contributed by atoms with Crippen molar-refractivity contribution in [3.63, 3.8) is 0 Å². The second-order valence-electron chi connectivity index (χ2n) is 1.65. The van der Waals surface area contributed by atoms with E-state index in [0.29, 0.717) is 10.7 Å². The monoisotopic (exact) mass is 308 g/mol. The molecule has 0 N–H and O–H groups in total. The maximum absolute atomic E-state index is 8.26. The molecule has 68 valence electrons. The van der Waals surface area contributed by atoms with Crippen molar-refractivity contribution in [3.05, 3.63) is 34.3 Å². The van der Waals surface area contributed by atoms with Gasteiger partial charge in [-0.25, -0.2) is 0 Å². The van der Waals surface area contributed by atoms with Crippen molar-refractivity contribution < 1.29 is 27.6 Å². The molecule has 2 nitrogen and oxygen atoms in total. The van der Waals surface area contributed by atoms with Crippen LogP contribution in [0.15, 0.2) is 24.3 Å². The zero-order chi connectivity index (χ0) is 9.40. The molecule has 0 heterocycles. The molecule has 0 bridgehead atoms. The molecule has 13 heavy (non-hydrogen) atoms. The summed E-state index contributed by atoms with van der Waals surface area (Å²) in [5.41, 5.74) is 0.402. The van der Waals surface area contributed by atoms with Crippen molar-refractivity contribution in [2.75, 3.05) is 0 Å². The first kappa shape index (κ1) is 15.9. The first-order valence-corrected chi connectivity index (χ1v) is 11.2. The third-order valence-electron chi connectivity index (χ3n) is 0.960. The zero-order valence-electron chi connectivity index (χ0n) is 6.42. The summed E-state index contributed by atoms with van der Waals surface area (Å²) >= 11 is 4.64. The Kier molecular flexibility index (Phi) is 12.8. The third-order valence-corrected chi connectivity index (χ3v) is 1.28. The Morgan fingerprint density at radius 2 is 1.69 bits per heavy atom. The van der Waals surface area contributed by atoms with Crippen molar-refractivity contribution in [2.45, 2.75) is 0 Å². The van der Waals surface area contributed by atoms with Crippen molar-refractivity contribution in [1.82, 2.24) is 0 Å². The molecule has 0 fully saturated rings. The van der Waals surface area contributed by atoms with Gasteiger partial charge in [-0.15, -0.1) is 0 Å². The quantitative estimate of drug-likeness (QED) is 0.523. The molecule has 0 aromatic heterocycles. The topological polar surface area (TPSA) is 28.1 Å². The number of hydrogen-bond acceptors (Lipinski definition) is 1. The van der Waals surface area contributed by atoms with Crippen molar-refractivity contribution in [2.24, 2.45) is 0 Å². The van der Waals surface area contributed by atoms with E-state index in [4.69, 9.17) is 36.4 Å². The normalized spacial score (nSPS) is 6.62. The van der Waals surface area contributed by atoms with Crippen LogP contribution in [0.25, 0.3) is 4.98 Å². The minimum absolute atomic E-state index is 0. The molecule has 1 aromatic rings. The summed E-state index contributed by atoms with van der Waals surface area (Å²) in [4.78, 5) is 2.94. The van der Waals surface area contributed by atoms with E-state index in [2.05, 4.69) is 4.98 Å². The molecule has 0 spiro atoms. The molecular weight excluding hydrogens is 307 g/mol. The van der Waals surface area contributed by atoms with Crippen LogP contribution in [0.1, 0.15) is 0 Å². The number of hydrogen-bond donors (Lipinski definition) is 0. The Morgan fingerprint density at radius 3 is 2.00 bits per heavy atom. The SMILES string of the molecule is N#[N+]c1ccccc1Cl.[Cl-].[Cl][Zn][Cl]. The van der Waals surface area contributed by atoms with E-state index in [1.54, 1.807) is 24.3 Å². The molecule has 0 amide bonds. The molecular formula is C6H4Cl4N2Zn. The Hall–Kier alpha value is 0.423. The molecule has 0 unspecified atom stereocenters. The van der Waals surface area contributed by atoms with Crippen molar-refractivity contribution >= 4 is 36.7 Å². The molecule has 1 aromatic carbocycles. The van der Waals surface area contributed by atoms with Crippen LogP contribution in [0.4, 0.5) is 5.69 Å². The van der Waals surface area contributed by atoms with Gasteiger partial charge in [0.05, 0.1) is 0 Å². The number of rotatable bonds is 0. The van der Waals surface area contributed by atoms with E-state index >= 15 is 0 Å². The molecule has 0 aliphatic rings. The van der Waals surface area contributed by atoms with E-state index < -0.39 is 15.1 Å². The summed E-state index contributed by atoms with van der Waals surface area (Å²) in [5, 5.41) is 8.72. The fraction of sp³-hybridized carbons (Fsp3) is 0. The van der Waals surface area contributed by atoms with Gasteiger partial charge in [0.2, 0.25) is 5.39 Å². The van der Waals surface area contributed by atoms with Gasteiger partial charge in [0, 0.05) is 6.07 Å². The van der Waals surface area contributed by atoms with Crippen LogP contribution in [-0.2, 0) is 15.1 Å². The number of halogens is 4. The average Bonchev–Trinajstić information content (AvgIpc) is 2.07. The fourth-order valence-corrected chi connectivity index (χ4v) is 0.706. The van der Waals surface area contributed by atoms with Crippen LogP contribution in [0.5, 0.6) is 0 Å². The van der Waals surface area contributed by atoms with E-state index in [0.717, 1.165) is 0 Å². The second kappa shape index (κ2) is 10.5. The van der Waals surface area contributed by atoms with Crippen LogP contribution in [0.2, 0.25) is 5.02 Å². The Labute approximate surface area is 103 Å². The summed E-state index contributed by atoms with van der Waals surface area (Å²) < 4.78 is 0. The van der Waals surface area contributed by atoms with E-state index in [1.807, 2.05) is 0 Å². The van der Waals surface area contributed by atoms with E-state index in [1.165, 1.54) is 0 Å². The Morgan fingerprint density at radius 1 is 1.23 bits per heavy atom. The van der Waals surface area contributed by atoms with Gasteiger partial charge in [-0.2, -0.15) is 0 Å². The van der Waals surface area contributed by atoms with Crippen LogP contribution < -0.4 is 12.4 Å². The maximum atomic E-state index is 8.26. The minimum atomic E-state index is -0.931. The Balaban J connectivity index is 0. The van der Waals surface area contributed by atoms with Gasteiger partial charge in [-0.3, -0.25) is 0 Å². The van der Waals surface area contributed by atoms with Gasteiger partial charge in [-0.1, -0.05) is 23.7 Å². The zero-order valence-corrected chi connectivity index (χ0v) is 12.4. The Bertz CT molecular complexity index is 276. The number of benzene rings is 1. The van der Waals surface area contributed by atoms with Gasteiger partial charge in [-0.05, 0) is 6.07 Å². The summed E-state index contributed by atoms with van der Waals surface area (Å²) in [6, 6.07) is 6.82. The van der Waals surface area contributed by atoms with Crippen molar-refractivity contribution in [3.8, 4) is 0 Å². The van der Waals surface area contributed by atoms with Gasteiger partial charge in [0.15, 0.2) is 4.98 Å². The molecule has 1 rings (SSSR count). The third kappa shape index (κ3) is 7.49. The number of nitrogens with zero attached hydrogens (tertiary/aromatic N) is 2.